The molecule has 0 radical (unpaired) electrons. The summed E-state index contributed by atoms with van der Waals surface area (Å²) in [5, 5.41) is 0. The molecule has 1 atom stereocenters. The van der Waals surface area contributed by atoms with Crippen LogP contribution in [0, 0.1) is 0 Å². The fourth-order valence-electron chi connectivity index (χ4n) is 4.85. The Morgan fingerprint density at radius 1 is 0.861 bits per heavy atom. The summed E-state index contributed by atoms with van der Waals surface area (Å²) in [5.41, 5.74) is 8.72. The Bertz CT molecular complexity index is 1410. The molecule has 178 valence electrons. The van der Waals surface area contributed by atoms with E-state index in [-0.39, 0.29) is 18.0 Å². The maximum absolute atomic E-state index is 13.7. The molecule has 8 nitrogen and oxygen atoms in total. The zero-order chi connectivity index (χ0) is 24.5. The Morgan fingerprint density at radius 2 is 1.53 bits per heavy atom. The molecule has 2 aliphatic heterocycles. The molecule has 1 aromatic heterocycles. The lowest BCUT2D eigenvalue weighted by Crippen LogP contribution is -2.46. The predicted molar refractivity (Wildman–Crippen MR) is 138 cm³/mol. The smallest absolute Gasteiger partial charge is 0.317 e. The second-order valence-electron chi connectivity index (χ2n) is 8.75. The molecular formula is C28H24N6O2. The number of urea groups is 1. The molecule has 0 aliphatic carbocycles. The summed E-state index contributed by atoms with van der Waals surface area (Å²) in [4.78, 5) is 39.8. The summed E-state index contributed by atoms with van der Waals surface area (Å²) < 4.78 is 0. The number of carbonyl (C=O) groups excluding carboxylic acids is 2. The third-order valence-electron chi connectivity index (χ3n) is 6.54. The van der Waals surface area contributed by atoms with Crippen molar-refractivity contribution < 1.29 is 9.59 Å². The van der Waals surface area contributed by atoms with Crippen LogP contribution in [0.1, 0.15) is 34.8 Å². The molecule has 1 unspecified atom stereocenters. The number of hydrogen-bond acceptors (Lipinski definition) is 5. The lowest BCUT2D eigenvalue weighted by atomic mass is 10.0. The Hall–Kier alpha value is -4.72. The molecule has 2 aliphatic rings. The number of nitrogens with zero attached hydrogens (tertiary/aromatic N) is 4. The summed E-state index contributed by atoms with van der Waals surface area (Å²) in [6.45, 7) is 0.655. The van der Waals surface area contributed by atoms with Gasteiger partial charge in [0.05, 0.1) is 17.3 Å². The number of carbonyl (C=O) groups is 2. The number of amides is 3. The molecule has 1 saturated heterocycles. The molecule has 6 rings (SSSR count). The third kappa shape index (κ3) is 3.82. The van der Waals surface area contributed by atoms with Crippen molar-refractivity contribution in [3.8, 4) is 11.4 Å². The van der Waals surface area contributed by atoms with E-state index in [1.807, 2.05) is 83.8 Å². The highest BCUT2D eigenvalue weighted by Gasteiger charge is 2.44. The van der Waals surface area contributed by atoms with Crippen molar-refractivity contribution in [2.45, 2.75) is 18.9 Å². The van der Waals surface area contributed by atoms with E-state index in [2.05, 4.69) is 10.9 Å². The van der Waals surface area contributed by atoms with Crippen molar-refractivity contribution in [1.29, 1.82) is 0 Å². The summed E-state index contributed by atoms with van der Waals surface area (Å²) in [5.74, 6) is 1.19. The van der Waals surface area contributed by atoms with Crippen molar-refractivity contribution in [3.63, 3.8) is 0 Å². The number of fused-ring (bicyclic) bond motifs is 3. The molecule has 4 aromatic rings. The van der Waals surface area contributed by atoms with Gasteiger partial charge >= 0.3 is 6.03 Å². The van der Waals surface area contributed by atoms with Crippen molar-refractivity contribution in [2.75, 3.05) is 16.9 Å². The molecule has 3 aromatic carbocycles. The minimum Gasteiger partial charge on any atom is -0.317 e. The second-order valence-corrected chi connectivity index (χ2v) is 8.75. The Labute approximate surface area is 208 Å². The van der Waals surface area contributed by atoms with E-state index < -0.39 is 0 Å². The molecular weight excluding hydrogens is 452 g/mol. The minimum atomic E-state index is -0.278. The second kappa shape index (κ2) is 9.14. The van der Waals surface area contributed by atoms with Gasteiger partial charge in [0.15, 0.2) is 17.5 Å². The number of rotatable bonds is 5. The topological polar surface area (TPSA) is 90.5 Å². The number of hydrogen-bond donors (Lipinski definition) is 2. The normalized spacial score (nSPS) is 16.3. The predicted octanol–water partition coefficient (Wildman–Crippen LogP) is 5.31. The number of benzene rings is 3. The van der Waals surface area contributed by atoms with Crippen LogP contribution in [0.2, 0.25) is 0 Å². The van der Waals surface area contributed by atoms with Crippen molar-refractivity contribution in [1.82, 2.24) is 20.3 Å². The monoisotopic (exact) mass is 476 g/mol. The van der Waals surface area contributed by atoms with E-state index in [0.29, 0.717) is 29.6 Å². The summed E-state index contributed by atoms with van der Waals surface area (Å²) in [7, 11) is 0. The highest BCUT2D eigenvalue weighted by atomic mass is 16.2. The fourth-order valence-corrected chi connectivity index (χ4v) is 4.85. The average molecular weight is 477 g/mol. The molecule has 0 bridgehead atoms. The molecule has 0 spiro atoms. The highest BCUT2D eigenvalue weighted by Crippen LogP contribution is 2.47. The first-order valence-corrected chi connectivity index (χ1v) is 12.0. The van der Waals surface area contributed by atoms with Gasteiger partial charge in [0.2, 0.25) is 0 Å². The standard InChI is InChI=1S/C28H24N6O2/c35-27(20-13-6-2-7-14-20)32-31-25-23-22-17-10-18-33(22)28(36)34(21-15-8-3-9-16-21)26(23)30-24(29-25)19-11-4-1-5-12-19/h1-9,11-16,22H,10,17-18H2,(H,32,35)(H,29,30,31). The van der Waals surface area contributed by atoms with Crippen LogP contribution in [0.15, 0.2) is 91.0 Å². The molecule has 8 heteroatoms. The fraction of sp³-hybridized carbons (Fsp3) is 0.143. The minimum absolute atomic E-state index is 0.104. The number of para-hydroxylation sites is 1. The van der Waals surface area contributed by atoms with Gasteiger partial charge in [-0.3, -0.25) is 15.6 Å². The van der Waals surface area contributed by atoms with Crippen LogP contribution >= 0.6 is 0 Å². The first-order valence-electron chi connectivity index (χ1n) is 12.0. The third-order valence-corrected chi connectivity index (χ3v) is 6.54. The first-order chi connectivity index (χ1) is 17.7. The van der Waals surface area contributed by atoms with Crippen molar-refractivity contribution >= 4 is 29.3 Å². The van der Waals surface area contributed by atoms with Crippen LogP contribution in [0.4, 0.5) is 22.1 Å². The summed E-state index contributed by atoms with van der Waals surface area (Å²) >= 11 is 0. The zero-order valence-electron chi connectivity index (χ0n) is 19.5. The molecule has 3 heterocycles. The van der Waals surface area contributed by atoms with E-state index in [9.17, 15) is 9.59 Å². The van der Waals surface area contributed by atoms with Gasteiger partial charge in [0, 0.05) is 17.7 Å². The maximum atomic E-state index is 13.7. The highest BCUT2D eigenvalue weighted by molar-refractivity contribution is 6.03. The SMILES string of the molecule is O=C(NNc1nc(-c2ccccc2)nc2c1C1CCCN1C(=O)N2c1ccccc1)c1ccccc1. The van der Waals surface area contributed by atoms with Crippen LogP contribution in [-0.4, -0.2) is 33.4 Å². The molecule has 3 amide bonds. The summed E-state index contributed by atoms with van der Waals surface area (Å²) in [6, 6.07) is 27.8. The van der Waals surface area contributed by atoms with Crippen molar-refractivity contribution in [2.24, 2.45) is 0 Å². The Balaban J connectivity index is 1.49. The lowest BCUT2D eigenvalue weighted by Gasteiger charge is -2.39. The molecule has 0 saturated carbocycles. The Kier molecular flexibility index (Phi) is 5.53. The van der Waals surface area contributed by atoms with Gasteiger partial charge < -0.3 is 4.90 Å². The van der Waals surface area contributed by atoms with E-state index in [1.165, 1.54) is 0 Å². The largest absolute Gasteiger partial charge is 0.330 e. The molecule has 2 N–H and O–H groups in total. The van der Waals surface area contributed by atoms with Gasteiger partial charge in [-0.05, 0) is 37.1 Å². The number of aromatic nitrogens is 2. The van der Waals surface area contributed by atoms with Crippen molar-refractivity contribution in [3.05, 3.63) is 102 Å². The number of anilines is 3. The van der Waals surface area contributed by atoms with E-state index in [0.717, 1.165) is 29.7 Å². The Morgan fingerprint density at radius 3 is 2.25 bits per heavy atom. The van der Waals surface area contributed by atoms with Gasteiger partial charge in [-0.25, -0.2) is 19.7 Å². The van der Waals surface area contributed by atoms with Crippen LogP contribution in [-0.2, 0) is 0 Å². The number of hydrazine groups is 1. The van der Waals surface area contributed by atoms with Gasteiger partial charge in [-0.1, -0.05) is 66.7 Å². The van der Waals surface area contributed by atoms with Gasteiger partial charge in [0.25, 0.3) is 5.91 Å². The van der Waals surface area contributed by atoms with Crippen LogP contribution in [0.3, 0.4) is 0 Å². The van der Waals surface area contributed by atoms with Gasteiger partial charge in [-0.2, -0.15) is 0 Å². The van der Waals surface area contributed by atoms with E-state index >= 15 is 0 Å². The van der Waals surface area contributed by atoms with Crippen LogP contribution in [0.5, 0.6) is 0 Å². The quantitative estimate of drug-likeness (QED) is 0.381. The lowest BCUT2D eigenvalue weighted by molar-refractivity contribution is 0.0962. The van der Waals surface area contributed by atoms with Crippen LogP contribution < -0.4 is 15.8 Å². The molecule has 1 fully saturated rings. The average Bonchev–Trinajstić information content (AvgIpc) is 3.43. The maximum Gasteiger partial charge on any atom is 0.330 e. The van der Waals surface area contributed by atoms with Gasteiger partial charge in [-0.15, -0.1) is 0 Å². The van der Waals surface area contributed by atoms with Crippen LogP contribution in [0.25, 0.3) is 11.4 Å². The van der Waals surface area contributed by atoms with E-state index in [4.69, 9.17) is 9.97 Å². The number of nitrogens with one attached hydrogen (secondary N) is 2. The van der Waals surface area contributed by atoms with E-state index in [1.54, 1.807) is 17.0 Å². The van der Waals surface area contributed by atoms with Gasteiger partial charge in [0.1, 0.15) is 0 Å². The zero-order valence-corrected chi connectivity index (χ0v) is 19.5. The first kappa shape index (κ1) is 21.8. The molecule has 36 heavy (non-hydrogen) atoms. The summed E-state index contributed by atoms with van der Waals surface area (Å²) in [6.07, 6.45) is 1.69.